The van der Waals surface area contributed by atoms with E-state index in [0.717, 1.165) is 32.1 Å². The Morgan fingerprint density at radius 1 is 1.21 bits per heavy atom. The zero-order valence-electron chi connectivity index (χ0n) is 11.3. The summed E-state index contributed by atoms with van der Waals surface area (Å²) in [6.45, 7) is 0.246. The number of carboxylic acids is 1. The van der Waals surface area contributed by atoms with Gasteiger partial charge in [-0.3, -0.25) is 4.79 Å². The van der Waals surface area contributed by atoms with Crippen molar-refractivity contribution in [2.45, 2.75) is 57.2 Å². The number of fused-ring (bicyclic) bond motifs is 2. The Labute approximate surface area is 114 Å². The van der Waals surface area contributed by atoms with Crippen molar-refractivity contribution in [3.63, 3.8) is 0 Å². The maximum Gasteiger partial charge on any atom is 0.303 e. The first-order chi connectivity index (χ1) is 9.22. The van der Waals surface area contributed by atoms with Crippen LogP contribution in [0.4, 0.5) is 0 Å². The highest BCUT2D eigenvalue weighted by molar-refractivity contribution is 5.66. The summed E-state index contributed by atoms with van der Waals surface area (Å²) in [6, 6.07) is 0. The molecule has 2 bridgehead atoms. The number of ether oxygens (including phenoxy) is 1. The van der Waals surface area contributed by atoms with Crippen molar-refractivity contribution in [1.29, 1.82) is 0 Å². The van der Waals surface area contributed by atoms with Gasteiger partial charge in [0, 0.05) is 13.0 Å². The van der Waals surface area contributed by atoms with Gasteiger partial charge in [-0.2, -0.15) is 0 Å². The van der Waals surface area contributed by atoms with E-state index in [9.17, 15) is 4.79 Å². The largest absolute Gasteiger partial charge is 0.481 e. The molecule has 2 fully saturated rings. The lowest BCUT2D eigenvalue weighted by Crippen LogP contribution is -2.27. The van der Waals surface area contributed by atoms with Crippen LogP contribution in [0.25, 0.3) is 0 Å². The molecule has 2 rings (SSSR count). The second-order valence-electron chi connectivity index (χ2n) is 5.62. The molecule has 0 aliphatic carbocycles. The van der Waals surface area contributed by atoms with Crippen molar-refractivity contribution in [3.05, 3.63) is 12.2 Å². The van der Waals surface area contributed by atoms with Gasteiger partial charge in [-0.1, -0.05) is 12.2 Å². The number of hydrogen-bond acceptors (Lipinski definition) is 3. The molecule has 0 unspecified atom stereocenters. The lowest BCUT2D eigenvalue weighted by Gasteiger charge is -2.26. The summed E-state index contributed by atoms with van der Waals surface area (Å²) < 4.78 is 5.94. The van der Waals surface area contributed by atoms with E-state index >= 15 is 0 Å². The van der Waals surface area contributed by atoms with Crippen LogP contribution in [0, 0.1) is 11.8 Å². The average Bonchev–Trinajstić information content (AvgIpc) is 2.95. The molecule has 2 heterocycles. The van der Waals surface area contributed by atoms with Crippen molar-refractivity contribution in [2.24, 2.45) is 11.8 Å². The molecule has 0 spiro atoms. The summed E-state index contributed by atoms with van der Waals surface area (Å²) in [5.41, 5.74) is 0. The van der Waals surface area contributed by atoms with Gasteiger partial charge in [0.2, 0.25) is 0 Å². The van der Waals surface area contributed by atoms with E-state index in [1.807, 2.05) is 0 Å². The Kier molecular flexibility index (Phi) is 5.40. The van der Waals surface area contributed by atoms with Crippen LogP contribution < -0.4 is 0 Å². The first-order valence-corrected chi connectivity index (χ1v) is 7.35. The third-order valence-electron chi connectivity index (χ3n) is 4.39. The highest BCUT2D eigenvalue weighted by Crippen LogP contribution is 2.46. The lowest BCUT2D eigenvalue weighted by atomic mass is 9.76. The quantitative estimate of drug-likeness (QED) is 0.524. The number of carbonyl (C=O) groups is 1. The number of carboxylic acid groups (broad SMARTS) is 1. The molecule has 4 heteroatoms. The molecule has 19 heavy (non-hydrogen) atoms. The van der Waals surface area contributed by atoms with E-state index in [0.29, 0.717) is 30.5 Å². The van der Waals surface area contributed by atoms with E-state index in [-0.39, 0.29) is 13.0 Å². The number of unbranched alkanes of at least 4 members (excludes halogenated alkanes) is 1. The Hall–Kier alpha value is -0.870. The smallest absolute Gasteiger partial charge is 0.303 e. The number of hydrogen-bond donors (Lipinski definition) is 2. The predicted octanol–water partition coefficient (Wildman–Crippen LogP) is 2.36. The third-order valence-corrected chi connectivity index (χ3v) is 4.39. The number of allylic oxidation sites excluding steroid dienone is 2. The van der Waals surface area contributed by atoms with Crippen LogP contribution >= 0.6 is 0 Å². The van der Waals surface area contributed by atoms with Gasteiger partial charge >= 0.3 is 5.97 Å². The zero-order chi connectivity index (χ0) is 13.7. The molecule has 0 aromatic carbocycles. The lowest BCUT2D eigenvalue weighted by molar-refractivity contribution is -0.137. The molecule has 0 radical (unpaired) electrons. The molecule has 108 valence electrons. The molecular weight excluding hydrogens is 244 g/mol. The van der Waals surface area contributed by atoms with Gasteiger partial charge in [0.25, 0.3) is 0 Å². The predicted molar refractivity (Wildman–Crippen MR) is 71.8 cm³/mol. The topological polar surface area (TPSA) is 66.8 Å². The first-order valence-electron chi connectivity index (χ1n) is 7.35. The summed E-state index contributed by atoms with van der Waals surface area (Å²) in [6.07, 6.45) is 10.9. The molecule has 2 saturated heterocycles. The van der Waals surface area contributed by atoms with Crippen LogP contribution in [0.5, 0.6) is 0 Å². The first kappa shape index (κ1) is 14.5. The third kappa shape index (κ3) is 3.80. The van der Waals surface area contributed by atoms with Crippen LogP contribution in [0.2, 0.25) is 0 Å². The maximum absolute atomic E-state index is 10.4. The molecule has 0 amide bonds. The fourth-order valence-corrected chi connectivity index (χ4v) is 3.49. The van der Waals surface area contributed by atoms with Gasteiger partial charge in [0.15, 0.2) is 0 Å². The van der Waals surface area contributed by atoms with Gasteiger partial charge in [-0.25, -0.2) is 0 Å². The molecule has 0 aromatic heterocycles. The SMILES string of the molecule is O=C(O)CCCC=CC[C@H]1[C@@H](CCO)[C@H]2CC[C@@H]1O2. The molecule has 2 aliphatic rings. The van der Waals surface area contributed by atoms with Crippen LogP contribution in [0.1, 0.15) is 44.9 Å². The standard InChI is InChI=1S/C15H24O4/c16-10-9-12-11(13-7-8-14(12)19-13)5-3-1-2-4-6-15(17)18/h1,3,11-14,16H,2,4-10H2,(H,17,18)/t11-,12+,13-,14+/m0/s1. The van der Waals surface area contributed by atoms with Crippen LogP contribution in [-0.4, -0.2) is 35.0 Å². The Morgan fingerprint density at radius 3 is 2.63 bits per heavy atom. The van der Waals surface area contributed by atoms with Gasteiger partial charge in [0.05, 0.1) is 12.2 Å². The van der Waals surface area contributed by atoms with E-state index in [1.54, 1.807) is 0 Å². The number of aliphatic carboxylic acids is 1. The van der Waals surface area contributed by atoms with Crippen LogP contribution in [0.3, 0.4) is 0 Å². The summed E-state index contributed by atoms with van der Waals surface area (Å²) >= 11 is 0. The van der Waals surface area contributed by atoms with E-state index in [4.69, 9.17) is 14.9 Å². The van der Waals surface area contributed by atoms with Gasteiger partial charge < -0.3 is 14.9 Å². The van der Waals surface area contributed by atoms with Crippen molar-refractivity contribution in [3.8, 4) is 0 Å². The summed E-state index contributed by atoms with van der Waals surface area (Å²) in [7, 11) is 0. The summed E-state index contributed by atoms with van der Waals surface area (Å²) in [5.74, 6) is 0.326. The maximum atomic E-state index is 10.4. The van der Waals surface area contributed by atoms with Crippen molar-refractivity contribution in [1.82, 2.24) is 0 Å². The van der Waals surface area contributed by atoms with Gasteiger partial charge in [-0.05, 0) is 50.4 Å². The molecule has 0 saturated carbocycles. The molecule has 2 N–H and O–H groups in total. The molecule has 0 aromatic rings. The average molecular weight is 268 g/mol. The monoisotopic (exact) mass is 268 g/mol. The minimum Gasteiger partial charge on any atom is -0.481 e. The second-order valence-corrected chi connectivity index (χ2v) is 5.62. The number of aliphatic hydroxyl groups is 1. The van der Waals surface area contributed by atoms with Crippen LogP contribution in [-0.2, 0) is 9.53 Å². The van der Waals surface area contributed by atoms with Crippen molar-refractivity contribution >= 4 is 5.97 Å². The van der Waals surface area contributed by atoms with Gasteiger partial charge in [-0.15, -0.1) is 0 Å². The van der Waals surface area contributed by atoms with Crippen molar-refractivity contribution < 1.29 is 19.7 Å². The highest BCUT2D eigenvalue weighted by Gasteiger charge is 2.47. The fourth-order valence-electron chi connectivity index (χ4n) is 3.49. The molecule has 4 atom stereocenters. The minimum atomic E-state index is -0.724. The normalized spacial score (nSPS) is 33.3. The Balaban J connectivity index is 1.72. The minimum absolute atomic E-state index is 0.245. The molecule has 2 aliphatic heterocycles. The number of rotatable bonds is 8. The van der Waals surface area contributed by atoms with E-state index < -0.39 is 5.97 Å². The summed E-state index contributed by atoms with van der Waals surface area (Å²) in [4.78, 5) is 10.4. The number of aliphatic hydroxyl groups excluding tert-OH is 1. The van der Waals surface area contributed by atoms with E-state index in [2.05, 4.69) is 12.2 Å². The van der Waals surface area contributed by atoms with E-state index in [1.165, 1.54) is 0 Å². The molecule has 4 nitrogen and oxygen atoms in total. The highest BCUT2D eigenvalue weighted by atomic mass is 16.5. The Bertz CT molecular complexity index is 326. The fraction of sp³-hybridized carbons (Fsp3) is 0.800. The summed E-state index contributed by atoms with van der Waals surface area (Å²) in [5, 5.41) is 17.7. The Morgan fingerprint density at radius 2 is 1.95 bits per heavy atom. The van der Waals surface area contributed by atoms with Crippen LogP contribution in [0.15, 0.2) is 12.2 Å². The van der Waals surface area contributed by atoms with Crippen molar-refractivity contribution in [2.75, 3.05) is 6.61 Å². The molecular formula is C15H24O4. The van der Waals surface area contributed by atoms with Gasteiger partial charge in [0.1, 0.15) is 0 Å². The zero-order valence-corrected chi connectivity index (χ0v) is 11.3. The second kappa shape index (κ2) is 7.06.